The molecule has 0 atom stereocenters. The molecule has 2 aliphatic rings. The summed E-state index contributed by atoms with van der Waals surface area (Å²) in [4.78, 5) is 4.97. The number of likely N-dealkylation sites (N-methyl/N-ethyl adjacent to an activating group) is 1. The van der Waals surface area contributed by atoms with Gasteiger partial charge in [0.15, 0.2) is 0 Å². The van der Waals surface area contributed by atoms with Crippen LogP contribution in [-0.2, 0) is 6.42 Å². The number of piperazine rings is 1. The van der Waals surface area contributed by atoms with Gasteiger partial charge in [0.1, 0.15) is 0 Å². The van der Waals surface area contributed by atoms with Gasteiger partial charge >= 0.3 is 0 Å². The van der Waals surface area contributed by atoms with Crippen LogP contribution in [0.5, 0.6) is 0 Å². The molecule has 1 aromatic rings. The van der Waals surface area contributed by atoms with E-state index in [-0.39, 0.29) is 0 Å². The Morgan fingerprint density at radius 3 is 2.61 bits per heavy atom. The van der Waals surface area contributed by atoms with E-state index in [9.17, 15) is 0 Å². The first kappa shape index (κ1) is 12.1. The second-order valence-corrected chi connectivity index (χ2v) is 5.48. The Morgan fingerprint density at radius 1 is 1.11 bits per heavy atom. The third kappa shape index (κ3) is 2.17. The molecule has 3 rings (SSSR count). The first-order valence-electron chi connectivity index (χ1n) is 6.81. The van der Waals surface area contributed by atoms with E-state index in [0.29, 0.717) is 0 Å². The van der Waals surface area contributed by atoms with Crippen molar-refractivity contribution in [2.75, 3.05) is 48.6 Å². The highest BCUT2D eigenvalue weighted by atomic mass is 35.5. The van der Waals surface area contributed by atoms with Gasteiger partial charge < -0.3 is 9.80 Å². The summed E-state index contributed by atoms with van der Waals surface area (Å²) in [5.74, 6) is 0. The van der Waals surface area contributed by atoms with Gasteiger partial charge in [-0.15, -0.1) is 0 Å². The highest BCUT2D eigenvalue weighted by molar-refractivity contribution is 6.26. The van der Waals surface area contributed by atoms with E-state index in [2.05, 4.69) is 34.9 Å². The fourth-order valence-corrected chi connectivity index (χ4v) is 3.09. The standard InChI is InChI=1S/C14H20ClN3/c1-2-16-7-9-17(10-8-16)13-4-3-12-5-6-18(15)14(12)11-13/h3-4,11H,2,5-10H2,1H3. The van der Waals surface area contributed by atoms with E-state index in [1.165, 1.54) is 16.9 Å². The Kier molecular flexibility index (Phi) is 3.35. The van der Waals surface area contributed by atoms with Crippen molar-refractivity contribution in [3.05, 3.63) is 23.8 Å². The zero-order valence-corrected chi connectivity index (χ0v) is 11.7. The molecular formula is C14H20ClN3. The van der Waals surface area contributed by atoms with Gasteiger partial charge in [0.25, 0.3) is 0 Å². The minimum Gasteiger partial charge on any atom is -0.369 e. The zero-order chi connectivity index (χ0) is 12.5. The van der Waals surface area contributed by atoms with E-state index in [1.54, 1.807) is 0 Å². The fourth-order valence-electron chi connectivity index (χ4n) is 2.85. The van der Waals surface area contributed by atoms with Crippen LogP contribution in [0.25, 0.3) is 0 Å². The maximum Gasteiger partial charge on any atom is 0.0576 e. The van der Waals surface area contributed by atoms with Gasteiger partial charge in [-0.05, 0) is 30.7 Å². The lowest BCUT2D eigenvalue weighted by Crippen LogP contribution is -2.46. The maximum absolute atomic E-state index is 6.21. The lowest BCUT2D eigenvalue weighted by atomic mass is 10.1. The molecule has 4 heteroatoms. The Morgan fingerprint density at radius 2 is 1.89 bits per heavy atom. The van der Waals surface area contributed by atoms with Crippen LogP contribution in [-0.4, -0.2) is 44.2 Å². The van der Waals surface area contributed by atoms with Crippen LogP contribution in [0.2, 0.25) is 0 Å². The maximum atomic E-state index is 6.21. The van der Waals surface area contributed by atoms with Crippen molar-refractivity contribution in [3.63, 3.8) is 0 Å². The number of fused-ring (bicyclic) bond motifs is 1. The molecule has 0 aliphatic carbocycles. The van der Waals surface area contributed by atoms with Crippen molar-refractivity contribution in [2.24, 2.45) is 0 Å². The van der Waals surface area contributed by atoms with Crippen molar-refractivity contribution in [1.29, 1.82) is 0 Å². The minimum absolute atomic E-state index is 0.934. The summed E-state index contributed by atoms with van der Waals surface area (Å²) in [6.07, 6.45) is 1.07. The normalized spacial score (nSPS) is 20.3. The first-order valence-corrected chi connectivity index (χ1v) is 7.15. The summed E-state index contributed by atoms with van der Waals surface area (Å²) >= 11 is 6.21. The topological polar surface area (TPSA) is 9.72 Å². The molecule has 0 radical (unpaired) electrons. The second kappa shape index (κ2) is 4.98. The molecule has 0 saturated carbocycles. The van der Waals surface area contributed by atoms with Crippen LogP contribution < -0.4 is 9.32 Å². The van der Waals surface area contributed by atoms with Crippen molar-refractivity contribution in [3.8, 4) is 0 Å². The van der Waals surface area contributed by atoms with Crippen LogP contribution in [0.15, 0.2) is 18.2 Å². The number of hydrogen-bond donors (Lipinski definition) is 0. The molecule has 0 unspecified atom stereocenters. The van der Waals surface area contributed by atoms with Gasteiger partial charge in [0.05, 0.1) is 5.69 Å². The molecule has 1 fully saturated rings. The van der Waals surface area contributed by atoms with E-state index in [0.717, 1.165) is 45.7 Å². The van der Waals surface area contributed by atoms with Gasteiger partial charge in [-0.1, -0.05) is 13.0 Å². The number of rotatable bonds is 2. The number of hydrogen-bond acceptors (Lipinski definition) is 3. The molecule has 0 amide bonds. The lowest BCUT2D eigenvalue weighted by molar-refractivity contribution is 0.271. The molecular weight excluding hydrogens is 246 g/mol. The molecule has 98 valence electrons. The third-order valence-corrected chi connectivity index (χ3v) is 4.44. The number of anilines is 2. The van der Waals surface area contributed by atoms with Crippen molar-refractivity contribution in [2.45, 2.75) is 13.3 Å². The smallest absolute Gasteiger partial charge is 0.0576 e. The average Bonchev–Trinajstić information content (AvgIpc) is 2.80. The summed E-state index contributed by atoms with van der Waals surface area (Å²) in [6.45, 7) is 8.90. The number of nitrogens with zero attached hydrogens (tertiary/aromatic N) is 3. The van der Waals surface area contributed by atoms with Gasteiger partial charge in [-0.2, -0.15) is 0 Å². The van der Waals surface area contributed by atoms with Gasteiger partial charge in [0.2, 0.25) is 0 Å². The fraction of sp³-hybridized carbons (Fsp3) is 0.571. The average molecular weight is 266 g/mol. The van der Waals surface area contributed by atoms with Crippen LogP contribution in [0, 0.1) is 0 Å². The van der Waals surface area contributed by atoms with Gasteiger partial charge in [0, 0.05) is 50.2 Å². The minimum atomic E-state index is 0.934. The number of halogens is 1. The van der Waals surface area contributed by atoms with Crippen LogP contribution in [0.3, 0.4) is 0 Å². The molecule has 18 heavy (non-hydrogen) atoms. The number of benzene rings is 1. The molecule has 1 saturated heterocycles. The second-order valence-electron chi connectivity index (χ2n) is 5.07. The lowest BCUT2D eigenvalue weighted by Gasteiger charge is -2.35. The van der Waals surface area contributed by atoms with Crippen molar-refractivity contribution in [1.82, 2.24) is 4.90 Å². The molecule has 0 N–H and O–H groups in total. The predicted octanol–water partition coefficient (Wildman–Crippen LogP) is 2.34. The van der Waals surface area contributed by atoms with E-state index in [4.69, 9.17) is 11.8 Å². The Balaban J connectivity index is 1.76. The summed E-state index contributed by atoms with van der Waals surface area (Å²) in [6, 6.07) is 6.73. The molecule has 0 spiro atoms. The van der Waals surface area contributed by atoms with Gasteiger partial charge in [-0.3, -0.25) is 4.42 Å². The molecule has 0 bridgehead atoms. The van der Waals surface area contributed by atoms with Crippen molar-refractivity contribution >= 4 is 23.2 Å². The summed E-state index contributed by atoms with van der Waals surface area (Å²) in [7, 11) is 0. The highest BCUT2D eigenvalue weighted by Crippen LogP contribution is 2.33. The van der Waals surface area contributed by atoms with Crippen molar-refractivity contribution < 1.29 is 0 Å². The first-order chi connectivity index (χ1) is 8.78. The third-order valence-electron chi connectivity index (χ3n) is 4.09. The summed E-state index contributed by atoms with van der Waals surface area (Å²) in [5.41, 5.74) is 3.89. The monoisotopic (exact) mass is 265 g/mol. The Bertz CT molecular complexity index is 427. The van der Waals surface area contributed by atoms with E-state index < -0.39 is 0 Å². The SMILES string of the molecule is CCN1CCN(c2ccc3c(c2)N(Cl)CC3)CC1. The van der Waals surface area contributed by atoms with Crippen LogP contribution >= 0.6 is 11.8 Å². The highest BCUT2D eigenvalue weighted by Gasteiger charge is 2.21. The molecule has 2 heterocycles. The molecule has 2 aliphatic heterocycles. The van der Waals surface area contributed by atoms with Crippen LogP contribution in [0.1, 0.15) is 12.5 Å². The van der Waals surface area contributed by atoms with E-state index in [1.807, 2.05) is 4.42 Å². The zero-order valence-electron chi connectivity index (χ0n) is 10.9. The largest absolute Gasteiger partial charge is 0.369 e. The molecule has 0 aromatic heterocycles. The predicted molar refractivity (Wildman–Crippen MR) is 77.7 cm³/mol. The van der Waals surface area contributed by atoms with Gasteiger partial charge in [-0.25, -0.2) is 0 Å². The quantitative estimate of drug-likeness (QED) is 0.760. The Hall–Kier alpha value is -0.930. The molecule has 1 aromatic carbocycles. The summed E-state index contributed by atoms with van der Waals surface area (Å²) < 4.78 is 1.85. The van der Waals surface area contributed by atoms with E-state index >= 15 is 0 Å². The Labute approximate surface area is 114 Å². The van der Waals surface area contributed by atoms with Crippen LogP contribution in [0.4, 0.5) is 11.4 Å². The molecule has 3 nitrogen and oxygen atoms in total. The summed E-state index contributed by atoms with van der Waals surface area (Å²) in [5, 5.41) is 0.